The van der Waals surface area contributed by atoms with Crippen molar-refractivity contribution >= 4 is 39.8 Å². The summed E-state index contributed by atoms with van der Waals surface area (Å²) in [6, 6.07) is 5.58. The maximum atomic E-state index is 6.62. The molecule has 24 heavy (non-hydrogen) atoms. The zero-order valence-electron chi connectivity index (χ0n) is 13.4. The fraction of sp³-hybridized carbons (Fsp3) is 0.222. The topological polar surface area (TPSA) is 61.0 Å². The van der Waals surface area contributed by atoms with E-state index in [9.17, 15) is 0 Å². The Hall–Kier alpha value is -2.04. The maximum absolute atomic E-state index is 6.62. The number of nitrogens with two attached hydrogens (primary N) is 1. The molecule has 0 amide bonds. The van der Waals surface area contributed by atoms with Crippen molar-refractivity contribution in [2.45, 2.75) is 19.8 Å². The molecule has 0 radical (unpaired) electrons. The van der Waals surface area contributed by atoms with Crippen molar-refractivity contribution in [3.8, 4) is 17.0 Å². The lowest BCUT2D eigenvalue weighted by atomic mass is 10.0. The van der Waals surface area contributed by atoms with E-state index in [2.05, 4.69) is 16.9 Å². The van der Waals surface area contributed by atoms with Gasteiger partial charge in [0.1, 0.15) is 11.6 Å². The second-order valence-corrected chi connectivity index (χ2v) is 6.27. The Morgan fingerprint density at radius 3 is 2.46 bits per heavy atom. The van der Waals surface area contributed by atoms with E-state index < -0.39 is 0 Å². The van der Waals surface area contributed by atoms with Crippen LogP contribution in [0.3, 0.4) is 0 Å². The minimum Gasteiger partial charge on any atom is -0.495 e. The first kappa shape index (κ1) is 16.8. The number of aromatic nitrogens is 2. The highest BCUT2D eigenvalue weighted by atomic mass is 35.5. The molecular weight excluding hydrogens is 345 g/mol. The van der Waals surface area contributed by atoms with Gasteiger partial charge in [-0.3, -0.25) is 4.98 Å². The summed E-state index contributed by atoms with van der Waals surface area (Å²) in [4.78, 5) is 8.64. The molecule has 0 atom stereocenters. The van der Waals surface area contributed by atoms with E-state index in [-0.39, 0.29) is 0 Å². The summed E-state index contributed by atoms with van der Waals surface area (Å²) in [5.41, 5.74) is 8.07. The van der Waals surface area contributed by atoms with Gasteiger partial charge in [-0.05, 0) is 30.2 Å². The Kier molecular flexibility index (Phi) is 4.78. The molecule has 0 fully saturated rings. The van der Waals surface area contributed by atoms with Gasteiger partial charge in [-0.25, -0.2) is 4.98 Å². The Morgan fingerprint density at radius 2 is 1.75 bits per heavy atom. The maximum Gasteiger partial charge on any atom is 0.138 e. The van der Waals surface area contributed by atoms with Crippen molar-refractivity contribution in [2.24, 2.45) is 0 Å². The smallest absolute Gasteiger partial charge is 0.138 e. The molecule has 124 valence electrons. The number of rotatable bonds is 4. The van der Waals surface area contributed by atoms with Gasteiger partial charge in [0.05, 0.1) is 22.8 Å². The van der Waals surface area contributed by atoms with Crippen LogP contribution < -0.4 is 10.5 Å². The molecule has 6 heteroatoms. The van der Waals surface area contributed by atoms with Crippen LogP contribution in [0.4, 0.5) is 5.82 Å². The summed E-state index contributed by atoms with van der Waals surface area (Å²) >= 11 is 13.1. The van der Waals surface area contributed by atoms with Crippen LogP contribution in [0.25, 0.3) is 22.0 Å². The van der Waals surface area contributed by atoms with Crippen LogP contribution in [0.1, 0.15) is 18.9 Å². The number of methoxy groups -OCH3 is 1. The Bertz CT molecular complexity index is 912. The molecule has 1 aromatic carbocycles. The number of aryl methyl sites for hydroxylation is 1. The molecule has 0 spiro atoms. The zero-order chi connectivity index (χ0) is 17.3. The first-order valence-electron chi connectivity index (χ1n) is 7.61. The highest BCUT2D eigenvalue weighted by Gasteiger charge is 2.19. The number of benzene rings is 1. The summed E-state index contributed by atoms with van der Waals surface area (Å²) in [6.07, 6.45) is 5.27. The lowest BCUT2D eigenvalue weighted by Crippen LogP contribution is -1.96. The summed E-state index contributed by atoms with van der Waals surface area (Å²) in [6.45, 7) is 2.10. The van der Waals surface area contributed by atoms with Crippen LogP contribution in [0, 0.1) is 0 Å². The first-order valence-corrected chi connectivity index (χ1v) is 8.37. The molecule has 3 aromatic rings. The van der Waals surface area contributed by atoms with Crippen molar-refractivity contribution in [1.82, 2.24) is 9.97 Å². The second-order valence-electron chi connectivity index (χ2n) is 5.52. The number of nitrogens with zero attached hydrogens (tertiary/aromatic N) is 2. The molecule has 2 N–H and O–H groups in total. The number of hydrogen-bond donors (Lipinski definition) is 1. The zero-order valence-corrected chi connectivity index (χ0v) is 14.9. The standard InChI is InChI=1S/C18H17Cl2N3O/c1-3-4-10-6-14(24-2)18(20)16(17(10)19)13-5-11-9-23-15(21)7-12(11)8-22-13/h5-9H,3-4H2,1-2H3,(H2,21,23). The number of pyridine rings is 2. The van der Waals surface area contributed by atoms with E-state index in [0.29, 0.717) is 32.9 Å². The van der Waals surface area contributed by atoms with E-state index in [4.69, 9.17) is 33.7 Å². The van der Waals surface area contributed by atoms with E-state index in [0.717, 1.165) is 29.2 Å². The van der Waals surface area contributed by atoms with Gasteiger partial charge in [0, 0.05) is 28.7 Å². The molecule has 3 rings (SSSR count). The predicted molar refractivity (Wildman–Crippen MR) is 100.0 cm³/mol. The number of ether oxygens (including phenoxy) is 1. The number of fused-ring (bicyclic) bond motifs is 1. The largest absolute Gasteiger partial charge is 0.495 e. The molecular formula is C18H17Cl2N3O. The fourth-order valence-corrected chi connectivity index (χ4v) is 3.39. The lowest BCUT2D eigenvalue weighted by molar-refractivity contribution is 0.414. The third-order valence-corrected chi connectivity index (χ3v) is 4.67. The molecule has 0 saturated heterocycles. The van der Waals surface area contributed by atoms with Gasteiger partial charge in [0.2, 0.25) is 0 Å². The number of hydrogen-bond acceptors (Lipinski definition) is 4. The van der Waals surface area contributed by atoms with E-state index in [1.54, 1.807) is 25.6 Å². The van der Waals surface area contributed by atoms with Gasteiger partial charge in [-0.1, -0.05) is 36.5 Å². The van der Waals surface area contributed by atoms with Crippen LogP contribution in [0.5, 0.6) is 5.75 Å². The average Bonchev–Trinajstić information content (AvgIpc) is 2.57. The molecule has 0 aliphatic carbocycles. The van der Waals surface area contributed by atoms with Crippen LogP contribution >= 0.6 is 23.2 Å². The lowest BCUT2D eigenvalue weighted by Gasteiger charge is -2.15. The molecule has 2 heterocycles. The van der Waals surface area contributed by atoms with Gasteiger partial charge < -0.3 is 10.5 Å². The van der Waals surface area contributed by atoms with E-state index in [1.165, 1.54) is 0 Å². The summed E-state index contributed by atoms with van der Waals surface area (Å²) in [5.74, 6) is 1.05. The second kappa shape index (κ2) is 6.83. The normalized spacial score (nSPS) is 11.0. The van der Waals surface area contributed by atoms with E-state index in [1.807, 2.05) is 12.1 Å². The molecule has 2 aromatic heterocycles. The Balaban J connectivity index is 2.24. The van der Waals surface area contributed by atoms with Gasteiger partial charge in [-0.2, -0.15) is 0 Å². The molecule has 0 bridgehead atoms. The summed E-state index contributed by atoms with van der Waals surface area (Å²) < 4.78 is 5.41. The third-order valence-electron chi connectivity index (χ3n) is 3.86. The Morgan fingerprint density at radius 1 is 1.04 bits per heavy atom. The van der Waals surface area contributed by atoms with Crippen LogP contribution in [-0.4, -0.2) is 17.1 Å². The minimum atomic E-state index is 0.456. The molecule has 4 nitrogen and oxygen atoms in total. The van der Waals surface area contributed by atoms with E-state index >= 15 is 0 Å². The average molecular weight is 362 g/mol. The quantitative estimate of drug-likeness (QED) is 0.698. The van der Waals surface area contributed by atoms with Crippen molar-refractivity contribution in [1.29, 1.82) is 0 Å². The van der Waals surface area contributed by atoms with Crippen LogP contribution in [0.2, 0.25) is 10.0 Å². The minimum absolute atomic E-state index is 0.456. The molecule has 0 aliphatic rings. The third kappa shape index (κ3) is 2.99. The summed E-state index contributed by atoms with van der Waals surface area (Å²) in [7, 11) is 1.59. The summed E-state index contributed by atoms with van der Waals surface area (Å²) in [5, 5.41) is 2.90. The number of halogens is 2. The van der Waals surface area contributed by atoms with Gasteiger partial charge in [-0.15, -0.1) is 0 Å². The SMILES string of the molecule is CCCc1cc(OC)c(Cl)c(-c2cc3cnc(N)cc3cn2)c1Cl. The molecule has 0 saturated carbocycles. The van der Waals surface area contributed by atoms with Gasteiger partial charge >= 0.3 is 0 Å². The van der Waals surface area contributed by atoms with Crippen LogP contribution in [-0.2, 0) is 6.42 Å². The Labute approximate surface area is 150 Å². The monoisotopic (exact) mass is 361 g/mol. The van der Waals surface area contributed by atoms with Crippen LogP contribution in [0.15, 0.2) is 30.6 Å². The first-order chi connectivity index (χ1) is 11.5. The number of anilines is 1. The van der Waals surface area contributed by atoms with Crippen molar-refractivity contribution < 1.29 is 4.74 Å². The molecule has 0 unspecified atom stereocenters. The predicted octanol–water partition coefficient (Wildman–Crippen LogP) is 5.15. The number of nitrogen functional groups attached to an aromatic ring is 1. The van der Waals surface area contributed by atoms with Crippen molar-refractivity contribution in [2.75, 3.05) is 12.8 Å². The molecule has 0 aliphatic heterocycles. The van der Waals surface area contributed by atoms with Gasteiger partial charge in [0.25, 0.3) is 0 Å². The van der Waals surface area contributed by atoms with Crippen molar-refractivity contribution in [3.63, 3.8) is 0 Å². The fourth-order valence-electron chi connectivity index (χ4n) is 2.68. The highest BCUT2D eigenvalue weighted by molar-refractivity contribution is 6.40. The van der Waals surface area contributed by atoms with Crippen molar-refractivity contribution in [3.05, 3.63) is 46.2 Å². The highest BCUT2D eigenvalue weighted by Crippen LogP contribution is 2.43. The van der Waals surface area contributed by atoms with Gasteiger partial charge in [0.15, 0.2) is 0 Å².